The van der Waals surface area contributed by atoms with Gasteiger partial charge >= 0.3 is 12.1 Å². The van der Waals surface area contributed by atoms with E-state index in [9.17, 15) is 22.8 Å². The summed E-state index contributed by atoms with van der Waals surface area (Å²) < 4.78 is 44.2. The molecule has 0 spiro atoms. The van der Waals surface area contributed by atoms with Crippen molar-refractivity contribution in [1.29, 1.82) is 0 Å². The van der Waals surface area contributed by atoms with Crippen LogP contribution in [0.1, 0.15) is 32.6 Å². The zero-order valence-electron chi connectivity index (χ0n) is 12.1. The van der Waals surface area contributed by atoms with Crippen LogP contribution in [0.5, 0.6) is 0 Å². The Morgan fingerprint density at radius 1 is 1.38 bits per heavy atom. The SMILES string of the molecule is CCOC(=O)c1sc(NC(=O)c2cccc(Br)c2)nc1C(F)(F)F. The molecule has 1 N–H and O–H groups in total. The number of carbonyl (C=O) groups excluding carboxylic acids is 2. The molecule has 0 saturated heterocycles. The van der Waals surface area contributed by atoms with Gasteiger partial charge in [0.1, 0.15) is 4.88 Å². The molecule has 0 bridgehead atoms. The van der Waals surface area contributed by atoms with Gasteiger partial charge in [0.2, 0.25) is 0 Å². The van der Waals surface area contributed by atoms with Gasteiger partial charge in [-0.3, -0.25) is 10.1 Å². The minimum Gasteiger partial charge on any atom is -0.462 e. The highest BCUT2D eigenvalue weighted by molar-refractivity contribution is 9.10. The summed E-state index contributed by atoms with van der Waals surface area (Å²) in [6, 6.07) is 6.29. The summed E-state index contributed by atoms with van der Waals surface area (Å²) in [5.74, 6) is -1.78. The van der Waals surface area contributed by atoms with E-state index in [0.717, 1.165) is 0 Å². The molecule has 5 nitrogen and oxygen atoms in total. The Kier molecular flexibility index (Phi) is 5.60. The summed E-state index contributed by atoms with van der Waals surface area (Å²) in [6.45, 7) is 1.40. The van der Waals surface area contributed by atoms with E-state index in [1.165, 1.54) is 19.1 Å². The molecule has 0 atom stereocenters. The van der Waals surface area contributed by atoms with E-state index in [1.54, 1.807) is 12.1 Å². The van der Waals surface area contributed by atoms with Crippen LogP contribution in [0.4, 0.5) is 18.3 Å². The number of halogens is 4. The lowest BCUT2D eigenvalue weighted by atomic mass is 10.2. The number of ether oxygens (including phenoxy) is 1. The maximum Gasteiger partial charge on any atom is 0.435 e. The van der Waals surface area contributed by atoms with Crippen molar-refractivity contribution in [2.45, 2.75) is 13.1 Å². The van der Waals surface area contributed by atoms with Crippen LogP contribution in [0.25, 0.3) is 0 Å². The highest BCUT2D eigenvalue weighted by atomic mass is 79.9. The molecule has 0 aliphatic heterocycles. The molecular weight excluding hydrogens is 413 g/mol. The van der Waals surface area contributed by atoms with Crippen LogP contribution in [-0.4, -0.2) is 23.5 Å². The van der Waals surface area contributed by atoms with Gasteiger partial charge in [0.15, 0.2) is 10.8 Å². The van der Waals surface area contributed by atoms with E-state index in [1.807, 2.05) is 0 Å². The van der Waals surface area contributed by atoms with Crippen molar-refractivity contribution in [1.82, 2.24) is 4.98 Å². The molecule has 0 radical (unpaired) electrons. The lowest BCUT2D eigenvalue weighted by Crippen LogP contribution is -2.14. The van der Waals surface area contributed by atoms with Gasteiger partial charge in [-0.05, 0) is 25.1 Å². The third-order valence-electron chi connectivity index (χ3n) is 2.66. The number of anilines is 1. The molecule has 0 saturated carbocycles. The van der Waals surface area contributed by atoms with Gasteiger partial charge in [0.25, 0.3) is 5.91 Å². The van der Waals surface area contributed by atoms with Crippen LogP contribution in [-0.2, 0) is 10.9 Å². The molecule has 0 unspecified atom stereocenters. The number of hydrogen-bond acceptors (Lipinski definition) is 5. The molecule has 2 rings (SSSR count). The maximum absolute atomic E-state index is 13.0. The first-order valence-corrected chi connectivity index (χ1v) is 8.15. The summed E-state index contributed by atoms with van der Waals surface area (Å²) in [5, 5.41) is 1.92. The molecule has 0 aliphatic carbocycles. The van der Waals surface area contributed by atoms with Crippen LogP contribution >= 0.6 is 27.3 Å². The zero-order chi connectivity index (χ0) is 17.9. The smallest absolute Gasteiger partial charge is 0.435 e. The van der Waals surface area contributed by atoms with Gasteiger partial charge in [-0.25, -0.2) is 9.78 Å². The summed E-state index contributed by atoms with van der Waals surface area (Å²) in [4.78, 5) is 26.3. The molecule has 0 fully saturated rings. The molecule has 24 heavy (non-hydrogen) atoms. The number of alkyl halides is 3. The van der Waals surface area contributed by atoms with E-state index in [2.05, 4.69) is 31.0 Å². The first-order chi connectivity index (χ1) is 11.2. The summed E-state index contributed by atoms with van der Waals surface area (Å²) in [5.41, 5.74) is -1.15. The molecule has 1 aromatic heterocycles. The van der Waals surface area contributed by atoms with Crippen molar-refractivity contribution >= 4 is 44.3 Å². The Balaban J connectivity index is 2.31. The van der Waals surface area contributed by atoms with Gasteiger partial charge in [0, 0.05) is 10.0 Å². The van der Waals surface area contributed by atoms with Crippen molar-refractivity contribution < 1.29 is 27.5 Å². The number of aromatic nitrogens is 1. The zero-order valence-corrected chi connectivity index (χ0v) is 14.5. The number of nitrogens with one attached hydrogen (secondary N) is 1. The van der Waals surface area contributed by atoms with Crippen LogP contribution < -0.4 is 5.32 Å². The fraction of sp³-hybridized carbons (Fsp3) is 0.214. The molecule has 1 heterocycles. The van der Waals surface area contributed by atoms with Crippen LogP contribution in [0, 0.1) is 0 Å². The fourth-order valence-electron chi connectivity index (χ4n) is 1.70. The number of amides is 1. The quantitative estimate of drug-likeness (QED) is 0.743. The Hall–Kier alpha value is -1.94. The standard InChI is InChI=1S/C14H10BrF3N2O3S/c1-2-23-12(22)9-10(14(16,17)18)19-13(24-9)20-11(21)7-4-3-5-8(15)6-7/h3-6H,2H2,1H3,(H,19,20,21). The van der Waals surface area contributed by atoms with E-state index in [-0.39, 0.29) is 17.3 Å². The monoisotopic (exact) mass is 422 g/mol. The molecule has 10 heteroatoms. The van der Waals surface area contributed by atoms with Gasteiger partial charge < -0.3 is 4.74 Å². The second-order valence-electron chi connectivity index (χ2n) is 4.38. The van der Waals surface area contributed by atoms with Crippen LogP contribution in [0.2, 0.25) is 0 Å². The highest BCUT2D eigenvalue weighted by Gasteiger charge is 2.40. The molecule has 128 valence electrons. The number of carbonyl (C=O) groups is 2. The van der Waals surface area contributed by atoms with E-state index >= 15 is 0 Å². The summed E-state index contributed by atoms with van der Waals surface area (Å²) in [7, 11) is 0. The average molecular weight is 423 g/mol. The molecule has 2 aromatic rings. The Bertz CT molecular complexity index is 777. The van der Waals surface area contributed by atoms with E-state index in [4.69, 9.17) is 0 Å². The highest BCUT2D eigenvalue weighted by Crippen LogP contribution is 2.36. The topological polar surface area (TPSA) is 68.3 Å². The van der Waals surface area contributed by atoms with E-state index in [0.29, 0.717) is 15.8 Å². The normalized spacial score (nSPS) is 11.2. The Labute approximate surface area is 147 Å². The summed E-state index contributed by atoms with van der Waals surface area (Å²) in [6.07, 6.45) is -4.84. The fourth-order valence-corrected chi connectivity index (χ4v) is 2.97. The largest absolute Gasteiger partial charge is 0.462 e. The number of benzene rings is 1. The molecule has 1 amide bonds. The van der Waals surface area contributed by atoms with Gasteiger partial charge in [0.05, 0.1) is 6.61 Å². The van der Waals surface area contributed by atoms with Crippen molar-refractivity contribution in [3.05, 3.63) is 44.9 Å². The van der Waals surface area contributed by atoms with Gasteiger partial charge in [-0.15, -0.1) is 0 Å². The number of rotatable bonds is 4. The third kappa shape index (κ3) is 4.32. The first kappa shape index (κ1) is 18.4. The second-order valence-corrected chi connectivity index (χ2v) is 6.29. The van der Waals surface area contributed by atoms with Gasteiger partial charge in [-0.1, -0.05) is 33.3 Å². The van der Waals surface area contributed by atoms with Crippen molar-refractivity contribution in [3.8, 4) is 0 Å². The number of hydrogen-bond donors (Lipinski definition) is 1. The minimum absolute atomic E-state index is 0.0756. The number of thiazole rings is 1. The molecule has 0 aliphatic rings. The first-order valence-electron chi connectivity index (χ1n) is 6.54. The lowest BCUT2D eigenvalue weighted by molar-refractivity contribution is -0.141. The Morgan fingerprint density at radius 3 is 2.67 bits per heavy atom. The van der Waals surface area contributed by atoms with Gasteiger partial charge in [-0.2, -0.15) is 13.2 Å². The number of esters is 1. The van der Waals surface area contributed by atoms with Crippen molar-refractivity contribution in [3.63, 3.8) is 0 Å². The van der Waals surface area contributed by atoms with Crippen LogP contribution in [0.15, 0.2) is 28.7 Å². The Morgan fingerprint density at radius 2 is 2.08 bits per heavy atom. The summed E-state index contributed by atoms with van der Waals surface area (Å²) >= 11 is 3.60. The molecule has 1 aromatic carbocycles. The van der Waals surface area contributed by atoms with Crippen LogP contribution in [0.3, 0.4) is 0 Å². The predicted octanol–water partition coefficient (Wildman–Crippen LogP) is 4.35. The van der Waals surface area contributed by atoms with Crippen molar-refractivity contribution in [2.75, 3.05) is 11.9 Å². The lowest BCUT2D eigenvalue weighted by Gasteiger charge is -2.05. The average Bonchev–Trinajstić information content (AvgIpc) is 2.91. The predicted molar refractivity (Wildman–Crippen MR) is 85.2 cm³/mol. The number of nitrogens with zero attached hydrogens (tertiary/aromatic N) is 1. The molecular formula is C14H10BrF3N2O3S. The van der Waals surface area contributed by atoms with Crippen molar-refractivity contribution in [2.24, 2.45) is 0 Å². The second kappa shape index (κ2) is 7.31. The van der Waals surface area contributed by atoms with E-state index < -0.39 is 28.6 Å². The minimum atomic E-state index is -4.84. The third-order valence-corrected chi connectivity index (χ3v) is 4.11. The maximum atomic E-state index is 13.0.